The second kappa shape index (κ2) is 6.76. The molecule has 2 rings (SSSR count). The highest BCUT2D eigenvalue weighted by molar-refractivity contribution is 6.35. The van der Waals surface area contributed by atoms with Gasteiger partial charge in [-0.25, -0.2) is 4.79 Å². The first-order chi connectivity index (χ1) is 10.5. The largest absolute Gasteiger partial charge is 0.456 e. The minimum atomic E-state index is -0.918. The summed E-state index contributed by atoms with van der Waals surface area (Å²) in [7, 11) is 0. The summed E-state index contributed by atoms with van der Waals surface area (Å²) in [5.41, 5.74) is -0.0661. The molecular formula is C13H11Cl2N3O4. The molecule has 1 aromatic carbocycles. The van der Waals surface area contributed by atoms with Crippen LogP contribution >= 0.6 is 23.2 Å². The fourth-order valence-electron chi connectivity index (χ4n) is 1.83. The number of nitrogens with zero attached hydrogens (tertiary/aromatic N) is 2. The molecule has 0 saturated heterocycles. The molecule has 0 amide bonds. The van der Waals surface area contributed by atoms with Crippen molar-refractivity contribution in [3.05, 3.63) is 55.3 Å². The average molecular weight is 344 g/mol. The summed E-state index contributed by atoms with van der Waals surface area (Å²) in [4.78, 5) is 22.4. The van der Waals surface area contributed by atoms with E-state index in [2.05, 4.69) is 10.2 Å². The molecule has 22 heavy (non-hydrogen) atoms. The third kappa shape index (κ3) is 3.20. The number of aromatic amines is 1. The second-order valence-corrected chi connectivity index (χ2v) is 5.10. The first-order valence-corrected chi connectivity index (χ1v) is 7.03. The Bertz CT molecular complexity index is 710. The Labute approximate surface area is 135 Å². The Kier molecular flexibility index (Phi) is 4.99. The fourth-order valence-corrected chi connectivity index (χ4v) is 2.34. The van der Waals surface area contributed by atoms with Crippen LogP contribution in [0.3, 0.4) is 0 Å². The lowest BCUT2D eigenvalue weighted by molar-refractivity contribution is -0.385. The molecule has 1 heterocycles. The quantitative estimate of drug-likeness (QED) is 0.508. The van der Waals surface area contributed by atoms with Crippen molar-refractivity contribution in [2.24, 2.45) is 0 Å². The number of ether oxygens (including phenoxy) is 1. The van der Waals surface area contributed by atoms with Crippen molar-refractivity contribution >= 4 is 34.9 Å². The predicted octanol–water partition coefficient (Wildman–Crippen LogP) is 3.54. The monoisotopic (exact) mass is 343 g/mol. The molecule has 0 aliphatic heterocycles. The smallest absolute Gasteiger partial charge is 0.366 e. The van der Waals surface area contributed by atoms with E-state index in [9.17, 15) is 14.9 Å². The lowest BCUT2D eigenvalue weighted by Crippen LogP contribution is -2.09. The molecule has 0 atom stereocenters. The van der Waals surface area contributed by atoms with Crippen LogP contribution in [0.1, 0.15) is 28.7 Å². The lowest BCUT2D eigenvalue weighted by atomic mass is 10.2. The van der Waals surface area contributed by atoms with Crippen molar-refractivity contribution in [3.63, 3.8) is 0 Å². The normalized spacial score (nSPS) is 10.5. The van der Waals surface area contributed by atoms with Crippen molar-refractivity contribution in [2.75, 3.05) is 0 Å². The SMILES string of the molecule is CCc1[nH]nc(C(=O)OCc2c(Cl)cccc2Cl)c1[N+](=O)[O-]. The van der Waals surface area contributed by atoms with Crippen molar-refractivity contribution < 1.29 is 14.5 Å². The molecule has 0 bridgehead atoms. The number of aryl methyl sites for hydroxylation is 1. The van der Waals surface area contributed by atoms with Crippen LogP contribution in [-0.2, 0) is 17.8 Å². The number of esters is 1. The molecule has 7 nitrogen and oxygen atoms in total. The molecule has 1 N–H and O–H groups in total. The van der Waals surface area contributed by atoms with Crippen LogP contribution in [0.4, 0.5) is 5.69 Å². The standard InChI is InChI=1S/C13H11Cl2N3O4/c1-2-10-12(18(20)21)11(17-16-10)13(19)22-6-7-8(14)4-3-5-9(7)15/h3-5H,2,6H2,1H3,(H,16,17). The number of H-pyrrole nitrogens is 1. The van der Waals surface area contributed by atoms with Gasteiger partial charge in [0.25, 0.3) is 0 Å². The van der Waals surface area contributed by atoms with E-state index >= 15 is 0 Å². The summed E-state index contributed by atoms with van der Waals surface area (Å²) < 4.78 is 5.03. The van der Waals surface area contributed by atoms with Gasteiger partial charge in [0.05, 0.1) is 4.92 Å². The lowest BCUT2D eigenvalue weighted by Gasteiger charge is -2.07. The number of nitrogens with one attached hydrogen (secondary N) is 1. The van der Waals surface area contributed by atoms with E-state index in [0.29, 0.717) is 22.0 Å². The highest BCUT2D eigenvalue weighted by Crippen LogP contribution is 2.26. The predicted molar refractivity (Wildman–Crippen MR) is 80.2 cm³/mol. The van der Waals surface area contributed by atoms with Gasteiger partial charge in [-0.1, -0.05) is 36.2 Å². The highest BCUT2D eigenvalue weighted by atomic mass is 35.5. The van der Waals surface area contributed by atoms with E-state index in [1.165, 1.54) is 0 Å². The van der Waals surface area contributed by atoms with Gasteiger partial charge in [0.15, 0.2) is 0 Å². The van der Waals surface area contributed by atoms with Gasteiger partial charge in [0.2, 0.25) is 5.69 Å². The van der Waals surface area contributed by atoms with Crippen molar-refractivity contribution in [1.82, 2.24) is 10.2 Å². The van der Waals surface area contributed by atoms with Crippen LogP contribution in [0.5, 0.6) is 0 Å². The van der Waals surface area contributed by atoms with Gasteiger partial charge in [0, 0.05) is 15.6 Å². The second-order valence-electron chi connectivity index (χ2n) is 4.29. The summed E-state index contributed by atoms with van der Waals surface area (Å²) in [5.74, 6) is -0.918. The Balaban J connectivity index is 2.20. The maximum atomic E-state index is 12.0. The molecule has 9 heteroatoms. The molecule has 0 saturated carbocycles. The molecule has 0 aliphatic rings. The average Bonchev–Trinajstić information content (AvgIpc) is 2.90. The number of rotatable bonds is 5. The number of halogens is 2. The van der Waals surface area contributed by atoms with Gasteiger partial charge in [0.1, 0.15) is 12.3 Å². The van der Waals surface area contributed by atoms with Crippen LogP contribution in [0.25, 0.3) is 0 Å². The van der Waals surface area contributed by atoms with E-state index < -0.39 is 10.9 Å². The van der Waals surface area contributed by atoms with Gasteiger partial charge in [-0.2, -0.15) is 5.10 Å². The number of hydrogen-bond donors (Lipinski definition) is 1. The van der Waals surface area contributed by atoms with E-state index in [4.69, 9.17) is 27.9 Å². The first kappa shape index (κ1) is 16.3. The molecule has 0 aliphatic carbocycles. The van der Waals surface area contributed by atoms with Crippen LogP contribution in [0, 0.1) is 10.1 Å². The summed E-state index contributed by atoms with van der Waals surface area (Å²) in [6.45, 7) is 1.50. The third-order valence-corrected chi connectivity index (χ3v) is 3.66. The van der Waals surface area contributed by atoms with Crippen LogP contribution in [0.15, 0.2) is 18.2 Å². The molecule has 0 radical (unpaired) electrons. The highest BCUT2D eigenvalue weighted by Gasteiger charge is 2.29. The number of aromatic nitrogens is 2. The Morgan fingerprint density at radius 3 is 2.59 bits per heavy atom. The number of hydrogen-bond acceptors (Lipinski definition) is 5. The zero-order chi connectivity index (χ0) is 16.3. The Hall–Kier alpha value is -2.12. The Morgan fingerprint density at radius 2 is 2.05 bits per heavy atom. The number of carbonyl (C=O) groups is 1. The number of nitro groups is 1. The molecule has 0 fully saturated rings. The Morgan fingerprint density at radius 1 is 1.41 bits per heavy atom. The van der Waals surface area contributed by atoms with E-state index in [1.54, 1.807) is 25.1 Å². The summed E-state index contributed by atoms with van der Waals surface area (Å²) in [6.07, 6.45) is 0.340. The fraction of sp³-hybridized carbons (Fsp3) is 0.231. The summed E-state index contributed by atoms with van der Waals surface area (Å²) in [5, 5.41) is 17.8. The summed E-state index contributed by atoms with van der Waals surface area (Å²) in [6, 6.07) is 4.85. The van der Waals surface area contributed by atoms with Crippen molar-refractivity contribution in [1.29, 1.82) is 0 Å². The minimum Gasteiger partial charge on any atom is -0.456 e. The zero-order valence-corrected chi connectivity index (χ0v) is 12.9. The van der Waals surface area contributed by atoms with E-state index in [1.807, 2.05) is 0 Å². The molecule has 116 valence electrons. The van der Waals surface area contributed by atoms with Gasteiger partial charge in [-0.3, -0.25) is 15.2 Å². The van der Waals surface area contributed by atoms with Gasteiger partial charge < -0.3 is 4.74 Å². The van der Waals surface area contributed by atoms with Gasteiger partial charge in [-0.05, 0) is 18.6 Å². The maximum Gasteiger partial charge on any atom is 0.366 e. The summed E-state index contributed by atoms with van der Waals surface area (Å²) >= 11 is 11.9. The van der Waals surface area contributed by atoms with E-state index in [0.717, 1.165) is 0 Å². The molecule has 0 unspecified atom stereocenters. The van der Waals surface area contributed by atoms with E-state index in [-0.39, 0.29) is 23.7 Å². The number of benzene rings is 1. The maximum absolute atomic E-state index is 12.0. The topological polar surface area (TPSA) is 98.1 Å². The van der Waals surface area contributed by atoms with Crippen LogP contribution in [-0.4, -0.2) is 21.1 Å². The molecule has 0 spiro atoms. The van der Waals surface area contributed by atoms with Crippen LogP contribution in [0.2, 0.25) is 10.0 Å². The van der Waals surface area contributed by atoms with Gasteiger partial charge in [-0.15, -0.1) is 0 Å². The van der Waals surface area contributed by atoms with Crippen LogP contribution < -0.4 is 0 Å². The van der Waals surface area contributed by atoms with Crippen molar-refractivity contribution in [2.45, 2.75) is 20.0 Å². The minimum absolute atomic E-state index is 0.206. The molecular weight excluding hydrogens is 333 g/mol. The molecule has 2 aromatic rings. The number of carbonyl (C=O) groups excluding carboxylic acids is 1. The molecule has 1 aromatic heterocycles. The third-order valence-electron chi connectivity index (χ3n) is 2.95. The van der Waals surface area contributed by atoms with Gasteiger partial charge >= 0.3 is 11.7 Å². The first-order valence-electron chi connectivity index (χ1n) is 6.27. The van der Waals surface area contributed by atoms with Crippen molar-refractivity contribution in [3.8, 4) is 0 Å². The zero-order valence-electron chi connectivity index (χ0n) is 11.4.